The molecule has 0 aliphatic carbocycles. The second-order valence-corrected chi connectivity index (χ2v) is 3.75. The normalized spacial score (nSPS) is 14.2. The van der Waals surface area contributed by atoms with Crippen molar-refractivity contribution in [2.24, 2.45) is 0 Å². The maximum atomic E-state index is 11.5. The van der Waals surface area contributed by atoms with Gasteiger partial charge >= 0.3 is 0 Å². The molecule has 88 valence electrons. The van der Waals surface area contributed by atoms with Gasteiger partial charge in [-0.1, -0.05) is 0 Å². The Hall–Kier alpha value is -1.66. The van der Waals surface area contributed by atoms with Crippen molar-refractivity contribution in [2.45, 2.75) is 12.5 Å². The third kappa shape index (κ3) is 3.18. The fraction of sp³-hybridized carbons (Fsp3) is 0.400. The maximum Gasteiger partial charge on any atom is 0.260 e. The van der Waals surface area contributed by atoms with Gasteiger partial charge in [-0.2, -0.15) is 0 Å². The van der Waals surface area contributed by atoms with Crippen LogP contribution in [0.25, 0.3) is 0 Å². The molecule has 16 heavy (non-hydrogen) atoms. The van der Waals surface area contributed by atoms with E-state index in [9.17, 15) is 14.7 Å². The Bertz CT molecular complexity index is 425. The number of amides is 1. The zero-order valence-corrected chi connectivity index (χ0v) is 8.86. The SMILES string of the molecule is CC(O)(CO)CNC(=O)c1ccc[nH]c1=O. The molecule has 0 saturated carbocycles. The van der Waals surface area contributed by atoms with Crippen molar-refractivity contribution in [3.05, 3.63) is 34.2 Å². The Kier molecular flexibility index (Phi) is 3.81. The summed E-state index contributed by atoms with van der Waals surface area (Å²) in [4.78, 5) is 25.1. The molecule has 0 saturated heterocycles. The van der Waals surface area contributed by atoms with Crippen molar-refractivity contribution in [1.82, 2.24) is 10.3 Å². The molecule has 0 aromatic carbocycles. The highest BCUT2D eigenvalue weighted by Crippen LogP contribution is 1.99. The lowest BCUT2D eigenvalue weighted by Gasteiger charge is -2.20. The zero-order chi connectivity index (χ0) is 12.2. The molecule has 1 unspecified atom stereocenters. The summed E-state index contributed by atoms with van der Waals surface area (Å²) in [5.74, 6) is -0.587. The predicted octanol–water partition coefficient (Wildman–Crippen LogP) is -1.15. The number of carbonyl (C=O) groups is 1. The lowest BCUT2D eigenvalue weighted by atomic mass is 10.1. The van der Waals surface area contributed by atoms with Crippen LogP contribution >= 0.6 is 0 Å². The number of rotatable bonds is 4. The number of aliphatic hydroxyl groups is 2. The number of hydrogen-bond acceptors (Lipinski definition) is 4. The molecule has 0 aliphatic rings. The van der Waals surface area contributed by atoms with Gasteiger partial charge in [0.25, 0.3) is 11.5 Å². The van der Waals surface area contributed by atoms with E-state index in [4.69, 9.17) is 5.11 Å². The largest absolute Gasteiger partial charge is 0.393 e. The molecule has 6 heteroatoms. The van der Waals surface area contributed by atoms with Crippen LogP contribution in [0, 0.1) is 0 Å². The standard InChI is InChI=1S/C10H14N2O4/c1-10(16,6-13)5-12-9(15)7-3-2-4-11-8(7)14/h2-4,13,16H,5-6H2,1H3,(H,11,14)(H,12,15). The van der Waals surface area contributed by atoms with Crippen molar-refractivity contribution in [1.29, 1.82) is 0 Å². The summed E-state index contributed by atoms with van der Waals surface area (Å²) in [6.45, 7) is 0.775. The van der Waals surface area contributed by atoms with Gasteiger partial charge in [0.05, 0.1) is 6.61 Å². The highest BCUT2D eigenvalue weighted by Gasteiger charge is 2.20. The van der Waals surface area contributed by atoms with Crippen LogP contribution in [-0.2, 0) is 0 Å². The Balaban J connectivity index is 2.68. The van der Waals surface area contributed by atoms with Crippen molar-refractivity contribution < 1.29 is 15.0 Å². The third-order valence-corrected chi connectivity index (χ3v) is 2.03. The van der Waals surface area contributed by atoms with Crippen molar-refractivity contribution >= 4 is 5.91 Å². The number of aliphatic hydroxyl groups excluding tert-OH is 1. The van der Waals surface area contributed by atoms with Crippen molar-refractivity contribution in [3.63, 3.8) is 0 Å². The predicted molar refractivity (Wildman–Crippen MR) is 57.1 cm³/mol. The topological polar surface area (TPSA) is 102 Å². The zero-order valence-electron chi connectivity index (χ0n) is 8.86. The van der Waals surface area contributed by atoms with E-state index in [1.807, 2.05) is 0 Å². The van der Waals surface area contributed by atoms with Crippen LogP contribution in [0.5, 0.6) is 0 Å². The second kappa shape index (κ2) is 4.91. The Morgan fingerprint density at radius 1 is 1.62 bits per heavy atom. The van der Waals surface area contributed by atoms with Gasteiger partial charge in [0, 0.05) is 12.7 Å². The van der Waals surface area contributed by atoms with E-state index in [2.05, 4.69) is 10.3 Å². The first-order valence-electron chi connectivity index (χ1n) is 4.75. The van der Waals surface area contributed by atoms with Gasteiger partial charge in [0.2, 0.25) is 0 Å². The molecular weight excluding hydrogens is 212 g/mol. The molecule has 1 heterocycles. The molecule has 1 rings (SSSR count). The lowest BCUT2D eigenvalue weighted by molar-refractivity contribution is 0.00319. The van der Waals surface area contributed by atoms with Gasteiger partial charge in [-0.3, -0.25) is 9.59 Å². The summed E-state index contributed by atoms with van der Waals surface area (Å²) in [7, 11) is 0. The first-order chi connectivity index (χ1) is 7.46. The van der Waals surface area contributed by atoms with E-state index in [-0.39, 0.29) is 12.1 Å². The van der Waals surface area contributed by atoms with Gasteiger partial charge in [-0.05, 0) is 19.1 Å². The van der Waals surface area contributed by atoms with E-state index in [0.29, 0.717) is 0 Å². The van der Waals surface area contributed by atoms with Crippen LogP contribution in [0.4, 0.5) is 0 Å². The van der Waals surface area contributed by atoms with Crippen LogP contribution < -0.4 is 10.9 Å². The number of aromatic amines is 1. The fourth-order valence-corrected chi connectivity index (χ4v) is 1.02. The summed E-state index contributed by atoms with van der Waals surface area (Å²) in [6.07, 6.45) is 1.42. The molecular formula is C10H14N2O4. The molecule has 0 fully saturated rings. The van der Waals surface area contributed by atoms with E-state index >= 15 is 0 Å². The summed E-state index contributed by atoms with van der Waals surface area (Å²) >= 11 is 0. The van der Waals surface area contributed by atoms with Gasteiger partial charge < -0.3 is 20.5 Å². The summed E-state index contributed by atoms with van der Waals surface area (Å²) in [5, 5.41) is 20.6. The Morgan fingerprint density at radius 3 is 2.88 bits per heavy atom. The fourth-order valence-electron chi connectivity index (χ4n) is 1.02. The quantitative estimate of drug-likeness (QED) is 0.520. The number of carbonyl (C=O) groups excluding carboxylic acids is 1. The average Bonchev–Trinajstić information content (AvgIpc) is 2.27. The molecule has 1 aromatic rings. The number of nitrogens with one attached hydrogen (secondary N) is 2. The number of aromatic nitrogens is 1. The van der Waals surface area contributed by atoms with Gasteiger partial charge in [0.1, 0.15) is 11.2 Å². The van der Waals surface area contributed by atoms with Crippen LogP contribution in [0.3, 0.4) is 0 Å². The molecule has 0 bridgehead atoms. The van der Waals surface area contributed by atoms with Crippen LogP contribution in [0.1, 0.15) is 17.3 Å². The molecule has 0 radical (unpaired) electrons. The first-order valence-corrected chi connectivity index (χ1v) is 4.75. The number of hydrogen-bond donors (Lipinski definition) is 4. The number of pyridine rings is 1. The van der Waals surface area contributed by atoms with Gasteiger partial charge in [0.15, 0.2) is 0 Å². The minimum Gasteiger partial charge on any atom is -0.393 e. The summed E-state index contributed by atoms with van der Waals surface area (Å²) < 4.78 is 0. The molecule has 1 atom stereocenters. The van der Waals surface area contributed by atoms with Crippen LogP contribution in [0.2, 0.25) is 0 Å². The maximum absolute atomic E-state index is 11.5. The van der Waals surface area contributed by atoms with Gasteiger partial charge in [-0.15, -0.1) is 0 Å². The lowest BCUT2D eigenvalue weighted by Crippen LogP contribution is -2.44. The second-order valence-electron chi connectivity index (χ2n) is 3.75. The van der Waals surface area contributed by atoms with E-state index in [1.165, 1.54) is 25.3 Å². The molecule has 1 aromatic heterocycles. The van der Waals surface area contributed by atoms with Crippen molar-refractivity contribution in [2.75, 3.05) is 13.2 Å². The molecule has 0 aliphatic heterocycles. The summed E-state index contributed by atoms with van der Waals surface area (Å²) in [5.41, 5.74) is -1.92. The monoisotopic (exact) mass is 226 g/mol. The molecule has 0 spiro atoms. The van der Waals surface area contributed by atoms with Crippen molar-refractivity contribution in [3.8, 4) is 0 Å². The number of H-pyrrole nitrogens is 1. The third-order valence-electron chi connectivity index (χ3n) is 2.03. The van der Waals surface area contributed by atoms with Crippen LogP contribution in [0.15, 0.2) is 23.1 Å². The minimum atomic E-state index is -1.39. The summed E-state index contributed by atoms with van der Waals surface area (Å²) in [6, 6.07) is 2.91. The van der Waals surface area contributed by atoms with E-state index < -0.39 is 23.7 Å². The highest BCUT2D eigenvalue weighted by atomic mass is 16.3. The first kappa shape index (κ1) is 12.4. The average molecular weight is 226 g/mol. The molecule has 6 nitrogen and oxygen atoms in total. The van der Waals surface area contributed by atoms with Gasteiger partial charge in [-0.25, -0.2) is 0 Å². The smallest absolute Gasteiger partial charge is 0.260 e. The Morgan fingerprint density at radius 2 is 2.31 bits per heavy atom. The van der Waals surface area contributed by atoms with E-state index in [1.54, 1.807) is 0 Å². The Labute approximate surface area is 91.9 Å². The van der Waals surface area contributed by atoms with E-state index in [0.717, 1.165) is 0 Å². The molecule has 4 N–H and O–H groups in total. The highest BCUT2D eigenvalue weighted by molar-refractivity contribution is 5.93. The minimum absolute atomic E-state index is 0.0313. The van der Waals surface area contributed by atoms with Crippen LogP contribution in [-0.4, -0.2) is 39.9 Å². The molecule has 1 amide bonds.